The standard InChI is InChI=1S/C16H20ClNO3/c1-10-6-7-18(14(8-10)16(20)21)15(19)11(2)12-4-3-5-13(17)9-12/h3-5,9-11,14H,6-8H2,1-2H3,(H,20,21). The van der Waals surface area contributed by atoms with Crippen LogP contribution >= 0.6 is 11.6 Å². The monoisotopic (exact) mass is 309 g/mol. The van der Waals surface area contributed by atoms with Crippen molar-refractivity contribution in [2.24, 2.45) is 5.92 Å². The van der Waals surface area contributed by atoms with Gasteiger partial charge in [-0.2, -0.15) is 0 Å². The van der Waals surface area contributed by atoms with Crippen molar-refractivity contribution in [1.29, 1.82) is 0 Å². The van der Waals surface area contributed by atoms with Crippen LogP contribution in [0.3, 0.4) is 0 Å². The molecule has 5 heteroatoms. The van der Waals surface area contributed by atoms with Gasteiger partial charge in [-0.25, -0.2) is 4.79 Å². The zero-order valence-electron chi connectivity index (χ0n) is 12.3. The summed E-state index contributed by atoms with van der Waals surface area (Å²) in [4.78, 5) is 25.6. The summed E-state index contributed by atoms with van der Waals surface area (Å²) in [5.41, 5.74) is 0.815. The molecule has 3 atom stereocenters. The maximum Gasteiger partial charge on any atom is 0.326 e. The molecule has 0 aromatic heterocycles. The predicted octanol–water partition coefficient (Wildman–Crippen LogP) is 3.16. The quantitative estimate of drug-likeness (QED) is 0.933. The number of piperidine rings is 1. The Morgan fingerprint density at radius 1 is 1.43 bits per heavy atom. The van der Waals surface area contributed by atoms with E-state index in [0.29, 0.717) is 23.9 Å². The molecule has 1 N–H and O–H groups in total. The van der Waals surface area contributed by atoms with Gasteiger partial charge < -0.3 is 10.0 Å². The summed E-state index contributed by atoms with van der Waals surface area (Å²) in [5, 5.41) is 9.93. The van der Waals surface area contributed by atoms with E-state index in [4.69, 9.17) is 11.6 Å². The van der Waals surface area contributed by atoms with E-state index in [-0.39, 0.29) is 11.8 Å². The van der Waals surface area contributed by atoms with Gasteiger partial charge >= 0.3 is 5.97 Å². The zero-order chi connectivity index (χ0) is 15.6. The number of hydrogen-bond donors (Lipinski definition) is 1. The minimum Gasteiger partial charge on any atom is -0.480 e. The molecule has 1 aromatic rings. The summed E-state index contributed by atoms with van der Waals surface area (Å²) in [5.74, 6) is -1.12. The number of carboxylic acid groups (broad SMARTS) is 1. The number of amides is 1. The molecule has 0 bridgehead atoms. The third-order valence-electron chi connectivity index (χ3n) is 4.15. The van der Waals surface area contributed by atoms with Crippen molar-refractivity contribution in [3.05, 3.63) is 34.9 Å². The fourth-order valence-corrected chi connectivity index (χ4v) is 3.01. The molecule has 1 saturated heterocycles. The van der Waals surface area contributed by atoms with Crippen LogP contribution in [0, 0.1) is 5.92 Å². The number of benzene rings is 1. The molecule has 1 fully saturated rings. The van der Waals surface area contributed by atoms with E-state index in [1.54, 1.807) is 25.1 Å². The van der Waals surface area contributed by atoms with Crippen LogP contribution in [0.4, 0.5) is 0 Å². The topological polar surface area (TPSA) is 57.6 Å². The molecule has 2 rings (SSSR count). The zero-order valence-corrected chi connectivity index (χ0v) is 13.0. The van der Waals surface area contributed by atoms with E-state index in [0.717, 1.165) is 12.0 Å². The number of aliphatic carboxylic acids is 1. The molecule has 1 aliphatic rings. The fourth-order valence-electron chi connectivity index (χ4n) is 2.81. The molecule has 1 amide bonds. The van der Waals surface area contributed by atoms with Gasteiger partial charge in [0.05, 0.1) is 5.92 Å². The van der Waals surface area contributed by atoms with Crippen LogP contribution in [0.1, 0.15) is 38.2 Å². The molecule has 1 heterocycles. The SMILES string of the molecule is CC1CCN(C(=O)C(C)c2cccc(Cl)c2)C(C(=O)O)C1. The summed E-state index contributed by atoms with van der Waals surface area (Å²) in [7, 11) is 0. The second-order valence-corrected chi connectivity index (χ2v) is 6.23. The third-order valence-corrected chi connectivity index (χ3v) is 4.39. The lowest BCUT2D eigenvalue weighted by Crippen LogP contribution is -2.51. The van der Waals surface area contributed by atoms with Crippen molar-refractivity contribution in [2.45, 2.75) is 38.6 Å². The number of rotatable bonds is 3. The average molecular weight is 310 g/mol. The molecule has 4 nitrogen and oxygen atoms in total. The summed E-state index contributed by atoms with van der Waals surface area (Å²) in [6.07, 6.45) is 1.36. The lowest BCUT2D eigenvalue weighted by molar-refractivity contribution is -0.153. The van der Waals surface area contributed by atoms with Gasteiger partial charge in [-0.05, 0) is 43.4 Å². The molecule has 1 aromatic carbocycles. The van der Waals surface area contributed by atoms with Crippen LogP contribution in [-0.4, -0.2) is 34.5 Å². The highest BCUT2D eigenvalue weighted by molar-refractivity contribution is 6.30. The minimum atomic E-state index is -0.923. The summed E-state index contributed by atoms with van der Waals surface area (Å²) in [6.45, 7) is 4.32. The van der Waals surface area contributed by atoms with E-state index in [1.165, 1.54) is 4.90 Å². The molecular weight excluding hydrogens is 290 g/mol. The van der Waals surface area contributed by atoms with Crippen LogP contribution in [0.15, 0.2) is 24.3 Å². The first-order chi connectivity index (χ1) is 9.90. The maximum absolute atomic E-state index is 12.7. The highest BCUT2D eigenvalue weighted by Gasteiger charge is 2.36. The van der Waals surface area contributed by atoms with Gasteiger partial charge in [0.15, 0.2) is 0 Å². The van der Waals surface area contributed by atoms with Crippen molar-refractivity contribution in [3.63, 3.8) is 0 Å². The summed E-state index contributed by atoms with van der Waals surface area (Å²) in [6, 6.07) is 6.44. The van der Waals surface area contributed by atoms with E-state index in [9.17, 15) is 14.7 Å². The van der Waals surface area contributed by atoms with E-state index in [2.05, 4.69) is 0 Å². The largest absolute Gasteiger partial charge is 0.480 e. The Bertz CT molecular complexity index is 546. The number of hydrogen-bond acceptors (Lipinski definition) is 2. The first-order valence-corrected chi connectivity index (χ1v) is 7.56. The van der Waals surface area contributed by atoms with E-state index < -0.39 is 12.0 Å². The Hall–Kier alpha value is -1.55. The van der Waals surface area contributed by atoms with Gasteiger partial charge in [0.25, 0.3) is 0 Å². The summed E-state index contributed by atoms with van der Waals surface area (Å²) >= 11 is 5.96. The maximum atomic E-state index is 12.7. The molecule has 1 aliphatic heterocycles. The average Bonchev–Trinajstić information content (AvgIpc) is 2.45. The van der Waals surface area contributed by atoms with Gasteiger partial charge in [-0.15, -0.1) is 0 Å². The molecule has 0 spiro atoms. The highest BCUT2D eigenvalue weighted by Crippen LogP contribution is 2.28. The van der Waals surface area contributed by atoms with Gasteiger partial charge in [-0.1, -0.05) is 30.7 Å². The minimum absolute atomic E-state index is 0.142. The van der Waals surface area contributed by atoms with Gasteiger partial charge in [0, 0.05) is 11.6 Å². The molecular formula is C16H20ClNO3. The Kier molecular flexibility index (Phi) is 4.88. The Morgan fingerprint density at radius 3 is 2.76 bits per heavy atom. The summed E-state index contributed by atoms with van der Waals surface area (Å²) < 4.78 is 0. The van der Waals surface area contributed by atoms with Gasteiger partial charge in [0.1, 0.15) is 6.04 Å². The van der Waals surface area contributed by atoms with E-state index in [1.807, 2.05) is 13.0 Å². The Labute approximate surface area is 129 Å². The smallest absolute Gasteiger partial charge is 0.326 e. The number of likely N-dealkylation sites (tertiary alicyclic amines) is 1. The third kappa shape index (κ3) is 3.56. The van der Waals surface area contributed by atoms with E-state index >= 15 is 0 Å². The number of carboxylic acids is 1. The van der Waals surface area contributed by atoms with Crippen molar-refractivity contribution in [2.75, 3.05) is 6.54 Å². The second-order valence-electron chi connectivity index (χ2n) is 5.79. The first kappa shape index (κ1) is 15.8. The van der Waals surface area contributed by atoms with Crippen LogP contribution in [0.5, 0.6) is 0 Å². The lowest BCUT2D eigenvalue weighted by atomic mass is 9.90. The van der Waals surface area contributed by atoms with Crippen LogP contribution < -0.4 is 0 Å². The normalized spacial score (nSPS) is 23.7. The second kappa shape index (κ2) is 6.48. The molecule has 0 radical (unpaired) electrons. The van der Waals surface area contributed by atoms with Crippen molar-refractivity contribution >= 4 is 23.5 Å². The Morgan fingerprint density at radius 2 is 2.14 bits per heavy atom. The van der Waals surface area contributed by atoms with Gasteiger partial charge in [0.2, 0.25) is 5.91 Å². The number of halogens is 1. The molecule has 0 saturated carbocycles. The van der Waals surface area contributed by atoms with Crippen molar-refractivity contribution < 1.29 is 14.7 Å². The van der Waals surface area contributed by atoms with Crippen molar-refractivity contribution in [1.82, 2.24) is 4.90 Å². The number of nitrogens with zero attached hydrogens (tertiary/aromatic N) is 1. The van der Waals surface area contributed by atoms with Crippen LogP contribution in [0.25, 0.3) is 0 Å². The number of carbonyl (C=O) groups is 2. The molecule has 114 valence electrons. The Balaban J connectivity index is 2.19. The predicted molar refractivity (Wildman–Crippen MR) is 81.4 cm³/mol. The van der Waals surface area contributed by atoms with Gasteiger partial charge in [-0.3, -0.25) is 4.79 Å². The van der Waals surface area contributed by atoms with Crippen molar-refractivity contribution in [3.8, 4) is 0 Å². The highest BCUT2D eigenvalue weighted by atomic mass is 35.5. The molecule has 3 unspecified atom stereocenters. The first-order valence-electron chi connectivity index (χ1n) is 7.19. The van der Waals surface area contributed by atoms with Crippen LogP contribution in [-0.2, 0) is 9.59 Å². The van der Waals surface area contributed by atoms with Crippen LogP contribution in [0.2, 0.25) is 5.02 Å². The number of carbonyl (C=O) groups excluding carboxylic acids is 1. The molecule has 0 aliphatic carbocycles. The fraction of sp³-hybridized carbons (Fsp3) is 0.500. The molecule has 21 heavy (non-hydrogen) atoms. The lowest BCUT2D eigenvalue weighted by Gasteiger charge is -2.37.